The summed E-state index contributed by atoms with van der Waals surface area (Å²) in [5.41, 5.74) is 0.0367. The number of fused-ring (bicyclic) bond motifs is 1. The molecule has 3 unspecified atom stereocenters. The predicted molar refractivity (Wildman–Crippen MR) is 83.2 cm³/mol. The molecule has 2 aliphatic rings. The van der Waals surface area contributed by atoms with Gasteiger partial charge in [0.15, 0.2) is 5.69 Å². The molecular weight excluding hydrogens is 336 g/mol. The lowest BCUT2D eigenvalue weighted by atomic mass is 9.96. The zero-order valence-electron chi connectivity index (χ0n) is 12.9. The maximum Gasteiger partial charge on any atom is 0.360 e. The van der Waals surface area contributed by atoms with Gasteiger partial charge in [-0.2, -0.15) is 0 Å². The SMILES string of the molecule is C=CCOC(=O)c1cn(CC2(C)SC3CC(=O)N3C2C(=O)O)nn1. The van der Waals surface area contributed by atoms with E-state index in [2.05, 4.69) is 16.9 Å². The lowest BCUT2D eigenvalue weighted by Crippen LogP contribution is -2.58. The topological polar surface area (TPSA) is 115 Å². The minimum atomic E-state index is -1.05. The van der Waals surface area contributed by atoms with E-state index in [1.165, 1.54) is 33.6 Å². The number of ether oxygens (including phenoxy) is 1. The Kier molecular flexibility index (Phi) is 4.08. The number of carboxylic acids is 1. The number of esters is 1. The summed E-state index contributed by atoms with van der Waals surface area (Å²) in [5, 5.41) is 17.0. The van der Waals surface area contributed by atoms with Crippen LogP contribution >= 0.6 is 11.8 Å². The Balaban J connectivity index is 1.76. The van der Waals surface area contributed by atoms with E-state index in [9.17, 15) is 19.5 Å². The van der Waals surface area contributed by atoms with Crippen LogP contribution in [0.25, 0.3) is 0 Å². The third-order valence-electron chi connectivity index (χ3n) is 4.00. The van der Waals surface area contributed by atoms with E-state index in [1.54, 1.807) is 6.92 Å². The number of rotatable bonds is 6. The molecule has 2 aliphatic heterocycles. The molecule has 0 saturated carbocycles. The van der Waals surface area contributed by atoms with E-state index in [0.29, 0.717) is 6.42 Å². The van der Waals surface area contributed by atoms with Crippen LogP contribution in [0.2, 0.25) is 0 Å². The van der Waals surface area contributed by atoms with Gasteiger partial charge in [-0.1, -0.05) is 17.9 Å². The molecular formula is C14H16N4O5S. The van der Waals surface area contributed by atoms with Gasteiger partial charge < -0.3 is 14.7 Å². The second kappa shape index (κ2) is 5.93. The number of hydrogen-bond acceptors (Lipinski definition) is 7. The molecule has 0 bridgehead atoms. The van der Waals surface area contributed by atoms with Crippen molar-refractivity contribution < 1.29 is 24.2 Å². The minimum absolute atomic E-state index is 0.0367. The summed E-state index contributed by atoms with van der Waals surface area (Å²) in [7, 11) is 0. The van der Waals surface area contributed by atoms with E-state index in [4.69, 9.17) is 4.74 Å². The normalized spacial score (nSPS) is 28.2. The Bertz CT molecular complexity index is 720. The van der Waals surface area contributed by atoms with Gasteiger partial charge in [0.2, 0.25) is 5.91 Å². The van der Waals surface area contributed by atoms with E-state index < -0.39 is 22.7 Å². The molecule has 3 rings (SSSR count). The van der Waals surface area contributed by atoms with Crippen molar-refractivity contribution in [3.8, 4) is 0 Å². The Hall–Kier alpha value is -2.36. The summed E-state index contributed by atoms with van der Waals surface area (Å²) in [4.78, 5) is 36.5. The quantitative estimate of drug-likeness (QED) is 0.437. The zero-order valence-corrected chi connectivity index (χ0v) is 13.7. The van der Waals surface area contributed by atoms with Crippen molar-refractivity contribution >= 4 is 29.6 Å². The molecule has 3 heterocycles. The molecule has 24 heavy (non-hydrogen) atoms. The number of thioether (sulfide) groups is 1. The highest BCUT2D eigenvalue weighted by atomic mass is 32.2. The van der Waals surface area contributed by atoms with Gasteiger partial charge in [-0.25, -0.2) is 9.59 Å². The molecule has 9 nitrogen and oxygen atoms in total. The average molecular weight is 352 g/mol. The predicted octanol–water partition coefficient (Wildman–Crippen LogP) is 0.138. The summed E-state index contributed by atoms with van der Waals surface area (Å²) in [6, 6.07) is -0.936. The van der Waals surface area contributed by atoms with Crippen LogP contribution in [0, 0.1) is 0 Å². The monoisotopic (exact) mass is 352 g/mol. The van der Waals surface area contributed by atoms with Crippen molar-refractivity contribution in [1.82, 2.24) is 19.9 Å². The first-order valence-electron chi connectivity index (χ1n) is 7.25. The first kappa shape index (κ1) is 16.5. The second-order valence-electron chi connectivity index (χ2n) is 5.82. The number of carbonyl (C=O) groups excluding carboxylic acids is 2. The van der Waals surface area contributed by atoms with Crippen LogP contribution in [0.4, 0.5) is 0 Å². The minimum Gasteiger partial charge on any atom is -0.480 e. The third-order valence-corrected chi connectivity index (χ3v) is 5.56. The smallest absolute Gasteiger partial charge is 0.360 e. The maximum absolute atomic E-state index is 11.7. The molecule has 2 saturated heterocycles. The van der Waals surface area contributed by atoms with Crippen molar-refractivity contribution in [2.24, 2.45) is 0 Å². The fraction of sp³-hybridized carbons (Fsp3) is 0.500. The Morgan fingerprint density at radius 2 is 2.38 bits per heavy atom. The highest BCUT2D eigenvalue weighted by Gasteiger charge is 2.60. The third kappa shape index (κ3) is 2.66. The van der Waals surface area contributed by atoms with Crippen LogP contribution < -0.4 is 0 Å². The van der Waals surface area contributed by atoms with Crippen molar-refractivity contribution in [3.05, 3.63) is 24.5 Å². The average Bonchev–Trinajstić information content (AvgIpc) is 3.05. The molecule has 1 N–H and O–H groups in total. The summed E-state index contributed by atoms with van der Waals surface area (Å²) >= 11 is 1.44. The number of β-lactam (4-membered cyclic amide) rings is 1. The van der Waals surface area contributed by atoms with Gasteiger partial charge in [0.1, 0.15) is 12.6 Å². The van der Waals surface area contributed by atoms with Gasteiger partial charge in [-0.15, -0.1) is 16.9 Å². The largest absolute Gasteiger partial charge is 0.480 e. The molecule has 3 atom stereocenters. The van der Waals surface area contributed by atoms with E-state index >= 15 is 0 Å². The first-order chi connectivity index (χ1) is 11.4. The van der Waals surface area contributed by atoms with Gasteiger partial charge in [-0.05, 0) is 6.92 Å². The highest BCUT2D eigenvalue weighted by Crippen LogP contribution is 2.51. The molecule has 10 heteroatoms. The fourth-order valence-electron chi connectivity index (χ4n) is 2.98. The van der Waals surface area contributed by atoms with Crippen molar-refractivity contribution in [1.29, 1.82) is 0 Å². The van der Waals surface area contributed by atoms with Crippen LogP contribution in [0.3, 0.4) is 0 Å². The van der Waals surface area contributed by atoms with Gasteiger partial charge in [0.25, 0.3) is 0 Å². The van der Waals surface area contributed by atoms with Gasteiger partial charge in [0, 0.05) is 0 Å². The Morgan fingerprint density at radius 3 is 3.00 bits per heavy atom. The van der Waals surface area contributed by atoms with Crippen LogP contribution in [0.15, 0.2) is 18.9 Å². The zero-order chi connectivity index (χ0) is 17.5. The number of aliphatic carboxylic acids is 1. The van der Waals surface area contributed by atoms with Crippen LogP contribution in [0.5, 0.6) is 0 Å². The molecule has 0 aliphatic carbocycles. The number of aromatic nitrogens is 3. The molecule has 1 aromatic heterocycles. The summed E-state index contributed by atoms with van der Waals surface area (Å²) < 4.78 is 5.52. The van der Waals surface area contributed by atoms with Crippen LogP contribution in [-0.2, 0) is 20.9 Å². The van der Waals surface area contributed by atoms with E-state index in [-0.39, 0.29) is 30.1 Å². The van der Waals surface area contributed by atoms with Crippen molar-refractivity contribution in [2.75, 3.05) is 6.61 Å². The lowest BCUT2D eigenvalue weighted by molar-refractivity contribution is -0.157. The number of carboxylic acid groups (broad SMARTS) is 1. The molecule has 2 fully saturated rings. The van der Waals surface area contributed by atoms with E-state index in [0.717, 1.165) is 0 Å². The highest BCUT2D eigenvalue weighted by molar-refractivity contribution is 8.01. The number of amides is 1. The molecule has 0 aromatic carbocycles. The van der Waals surface area contributed by atoms with Crippen molar-refractivity contribution in [2.45, 2.75) is 36.1 Å². The number of nitrogens with zero attached hydrogens (tertiary/aromatic N) is 4. The molecule has 1 amide bonds. The molecule has 128 valence electrons. The van der Waals surface area contributed by atoms with Gasteiger partial charge in [-0.3, -0.25) is 9.48 Å². The van der Waals surface area contributed by atoms with E-state index in [1.807, 2.05) is 0 Å². The number of carbonyl (C=O) groups is 3. The molecule has 0 spiro atoms. The second-order valence-corrected chi connectivity index (χ2v) is 7.53. The van der Waals surface area contributed by atoms with Crippen molar-refractivity contribution in [3.63, 3.8) is 0 Å². The van der Waals surface area contributed by atoms with Crippen LogP contribution in [0.1, 0.15) is 23.8 Å². The molecule has 1 aromatic rings. The Morgan fingerprint density at radius 1 is 1.62 bits per heavy atom. The number of hydrogen-bond donors (Lipinski definition) is 1. The van der Waals surface area contributed by atoms with Gasteiger partial charge >= 0.3 is 11.9 Å². The lowest BCUT2D eigenvalue weighted by Gasteiger charge is -2.36. The first-order valence-corrected chi connectivity index (χ1v) is 8.13. The summed E-state index contributed by atoms with van der Waals surface area (Å²) in [5.74, 6) is -1.83. The Labute approximate surface area is 141 Å². The standard InChI is InChI=1S/C14H16N4O5S/c1-3-4-23-13(22)8-6-17(16-15-8)7-14(2)11(12(20)21)18-9(19)5-10(18)24-14/h3,6,10-11H,1,4-5,7H2,2H3,(H,20,21). The van der Waals surface area contributed by atoms with Crippen LogP contribution in [-0.4, -0.2) is 65.6 Å². The fourth-order valence-corrected chi connectivity index (χ4v) is 4.73. The molecule has 0 radical (unpaired) electrons. The van der Waals surface area contributed by atoms with Gasteiger partial charge in [0.05, 0.1) is 29.3 Å². The maximum atomic E-state index is 11.7. The summed E-state index contributed by atoms with van der Waals surface area (Å²) in [6.45, 7) is 5.50. The summed E-state index contributed by atoms with van der Waals surface area (Å²) in [6.07, 6.45) is 3.20.